The van der Waals surface area contributed by atoms with E-state index >= 15 is 0 Å². The van der Waals surface area contributed by atoms with Gasteiger partial charge in [0.15, 0.2) is 5.82 Å². The first-order valence-electron chi connectivity index (χ1n) is 4.55. The van der Waals surface area contributed by atoms with Crippen molar-refractivity contribution >= 4 is 0 Å². The van der Waals surface area contributed by atoms with Gasteiger partial charge in [0.05, 0.1) is 14.2 Å². The van der Waals surface area contributed by atoms with Gasteiger partial charge in [0.1, 0.15) is 18.2 Å². The predicted octanol–water partition coefficient (Wildman–Crippen LogP) is 0.289. The Balaban J connectivity index is 2.66. The van der Waals surface area contributed by atoms with Crippen molar-refractivity contribution < 1.29 is 9.47 Å². The highest BCUT2D eigenvalue weighted by atomic mass is 16.5. The smallest absolute Gasteiger partial charge is 0.231 e. The van der Waals surface area contributed by atoms with E-state index in [1.165, 1.54) is 26.9 Å². The summed E-state index contributed by atoms with van der Waals surface area (Å²) in [4.78, 5) is 12.1. The van der Waals surface area contributed by atoms with Gasteiger partial charge in [-0.3, -0.25) is 0 Å². The molecule has 0 bridgehead atoms. The molecule has 0 spiro atoms. The van der Waals surface area contributed by atoms with Gasteiger partial charge in [-0.2, -0.15) is 5.10 Å². The number of rotatable bonds is 3. The van der Waals surface area contributed by atoms with E-state index in [9.17, 15) is 0 Å². The molecule has 2 heterocycles. The topological polar surface area (TPSA) is 75.0 Å². The molecule has 0 saturated carbocycles. The first-order chi connectivity index (χ1) is 7.77. The molecule has 0 aromatic carbocycles. The van der Waals surface area contributed by atoms with Crippen LogP contribution in [0.3, 0.4) is 0 Å². The van der Waals surface area contributed by atoms with Crippen LogP contribution in [0.5, 0.6) is 11.8 Å². The zero-order valence-corrected chi connectivity index (χ0v) is 9.21. The minimum Gasteiger partial charge on any atom is -0.480 e. The zero-order valence-electron chi connectivity index (χ0n) is 9.21. The van der Waals surface area contributed by atoms with Crippen LogP contribution in [-0.4, -0.2) is 39.0 Å². The van der Waals surface area contributed by atoms with E-state index in [0.29, 0.717) is 23.1 Å². The second kappa shape index (κ2) is 4.13. The normalized spacial score (nSPS) is 10.2. The monoisotopic (exact) mass is 221 g/mol. The number of methoxy groups -OCH3 is 2. The third kappa shape index (κ3) is 1.56. The van der Waals surface area contributed by atoms with Crippen molar-refractivity contribution in [3.63, 3.8) is 0 Å². The minimum absolute atomic E-state index is 0.406. The Morgan fingerprint density at radius 1 is 1.00 bits per heavy atom. The third-order valence-electron chi connectivity index (χ3n) is 2.10. The Kier molecular flexibility index (Phi) is 2.67. The predicted molar refractivity (Wildman–Crippen MR) is 55.1 cm³/mol. The molecule has 0 radical (unpaired) electrons. The summed E-state index contributed by atoms with van der Waals surface area (Å²) in [6.45, 7) is 0. The molecule has 0 unspecified atom stereocenters. The van der Waals surface area contributed by atoms with Gasteiger partial charge in [-0.25, -0.2) is 19.6 Å². The largest absolute Gasteiger partial charge is 0.480 e. The molecular weight excluding hydrogens is 210 g/mol. The van der Waals surface area contributed by atoms with Crippen LogP contribution in [0, 0.1) is 0 Å². The third-order valence-corrected chi connectivity index (χ3v) is 2.10. The second-order valence-corrected chi connectivity index (χ2v) is 2.97. The number of ether oxygens (including phenoxy) is 2. The lowest BCUT2D eigenvalue weighted by molar-refractivity contribution is 0.374. The molecule has 7 heteroatoms. The Labute approximate surface area is 92.1 Å². The summed E-state index contributed by atoms with van der Waals surface area (Å²) < 4.78 is 11.9. The number of hydrogen-bond donors (Lipinski definition) is 0. The Bertz CT molecular complexity index is 474. The highest BCUT2D eigenvalue weighted by Gasteiger charge is 2.19. The van der Waals surface area contributed by atoms with Crippen molar-refractivity contribution in [2.45, 2.75) is 0 Å². The van der Waals surface area contributed by atoms with Crippen molar-refractivity contribution in [3.8, 4) is 23.1 Å². The van der Waals surface area contributed by atoms with Gasteiger partial charge in [-0.15, -0.1) is 0 Å². The first-order valence-corrected chi connectivity index (χ1v) is 4.55. The minimum atomic E-state index is 0.406. The molecule has 16 heavy (non-hydrogen) atoms. The summed E-state index contributed by atoms with van der Waals surface area (Å²) in [5.74, 6) is 1.40. The van der Waals surface area contributed by atoms with Gasteiger partial charge >= 0.3 is 0 Å². The Morgan fingerprint density at radius 2 is 1.62 bits per heavy atom. The number of aryl methyl sites for hydroxylation is 1. The summed E-state index contributed by atoms with van der Waals surface area (Å²) in [7, 11) is 4.83. The molecule has 0 N–H and O–H groups in total. The average Bonchev–Trinajstić information content (AvgIpc) is 2.74. The average molecular weight is 221 g/mol. The van der Waals surface area contributed by atoms with E-state index in [1.807, 2.05) is 0 Å². The molecule has 0 aliphatic rings. The molecule has 0 aliphatic heterocycles. The fraction of sp³-hybridized carbons (Fsp3) is 0.333. The quantitative estimate of drug-likeness (QED) is 0.741. The lowest BCUT2D eigenvalue weighted by Gasteiger charge is -2.09. The SMILES string of the molecule is COc1ncnc(OC)c1-c1ncnn1C. The highest BCUT2D eigenvalue weighted by Crippen LogP contribution is 2.32. The molecule has 2 aromatic rings. The van der Waals surface area contributed by atoms with Crippen LogP contribution in [0.1, 0.15) is 0 Å². The highest BCUT2D eigenvalue weighted by molar-refractivity contribution is 5.67. The van der Waals surface area contributed by atoms with E-state index in [-0.39, 0.29) is 0 Å². The van der Waals surface area contributed by atoms with Crippen molar-refractivity contribution in [2.24, 2.45) is 7.05 Å². The molecule has 0 amide bonds. The van der Waals surface area contributed by atoms with Crippen LogP contribution in [-0.2, 0) is 7.05 Å². The maximum Gasteiger partial charge on any atom is 0.231 e. The molecule has 0 aliphatic carbocycles. The standard InChI is InChI=1S/C9H11N5O2/c1-14-7(10-5-13-14)6-8(15-2)11-4-12-9(6)16-3/h4-5H,1-3H3. The van der Waals surface area contributed by atoms with Crippen LogP contribution >= 0.6 is 0 Å². The summed E-state index contributed by atoms with van der Waals surface area (Å²) in [5.41, 5.74) is 0.590. The fourth-order valence-electron chi connectivity index (χ4n) is 1.38. The molecule has 7 nitrogen and oxygen atoms in total. The van der Waals surface area contributed by atoms with Gasteiger partial charge in [0.2, 0.25) is 11.8 Å². The summed E-state index contributed by atoms with van der Waals surface area (Å²) >= 11 is 0. The molecular formula is C9H11N5O2. The van der Waals surface area contributed by atoms with E-state index in [2.05, 4.69) is 20.1 Å². The molecule has 84 valence electrons. The number of nitrogens with zero attached hydrogens (tertiary/aromatic N) is 5. The van der Waals surface area contributed by atoms with E-state index < -0.39 is 0 Å². The summed E-state index contributed by atoms with van der Waals surface area (Å²) in [6, 6.07) is 0. The molecule has 0 saturated heterocycles. The van der Waals surface area contributed by atoms with Gasteiger partial charge in [-0.1, -0.05) is 0 Å². The van der Waals surface area contributed by atoms with Crippen LogP contribution in [0.25, 0.3) is 11.4 Å². The summed E-state index contributed by atoms with van der Waals surface area (Å²) in [5, 5.41) is 3.98. The van der Waals surface area contributed by atoms with Gasteiger partial charge in [-0.05, 0) is 0 Å². The van der Waals surface area contributed by atoms with Crippen LogP contribution in [0.4, 0.5) is 0 Å². The Morgan fingerprint density at radius 3 is 2.06 bits per heavy atom. The lowest BCUT2D eigenvalue weighted by atomic mass is 10.3. The zero-order chi connectivity index (χ0) is 11.5. The van der Waals surface area contributed by atoms with Crippen molar-refractivity contribution in [2.75, 3.05) is 14.2 Å². The molecule has 0 fully saturated rings. The second-order valence-electron chi connectivity index (χ2n) is 2.97. The molecule has 2 rings (SSSR count). The van der Waals surface area contributed by atoms with Crippen LogP contribution in [0.2, 0.25) is 0 Å². The van der Waals surface area contributed by atoms with Crippen LogP contribution < -0.4 is 9.47 Å². The molecule has 2 aromatic heterocycles. The maximum absolute atomic E-state index is 5.15. The lowest BCUT2D eigenvalue weighted by Crippen LogP contribution is -2.02. The van der Waals surface area contributed by atoms with Crippen LogP contribution in [0.15, 0.2) is 12.7 Å². The molecule has 0 atom stereocenters. The van der Waals surface area contributed by atoms with Crippen molar-refractivity contribution in [3.05, 3.63) is 12.7 Å². The summed E-state index contributed by atoms with van der Waals surface area (Å²) in [6.07, 6.45) is 2.82. The Hall–Kier alpha value is -2.18. The van der Waals surface area contributed by atoms with Gasteiger partial charge in [0, 0.05) is 7.05 Å². The van der Waals surface area contributed by atoms with E-state index in [4.69, 9.17) is 9.47 Å². The number of aromatic nitrogens is 5. The van der Waals surface area contributed by atoms with Gasteiger partial charge < -0.3 is 9.47 Å². The first kappa shape index (κ1) is 10.3. The number of hydrogen-bond acceptors (Lipinski definition) is 6. The van der Waals surface area contributed by atoms with Gasteiger partial charge in [0.25, 0.3) is 0 Å². The van der Waals surface area contributed by atoms with Crippen molar-refractivity contribution in [1.82, 2.24) is 24.7 Å². The van der Waals surface area contributed by atoms with E-state index in [0.717, 1.165) is 0 Å². The maximum atomic E-state index is 5.15. The fourth-order valence-corrected chi connectivity index (χ4v) is 1.38. The van der Waals surface area contributed by atoms with Crippen molar-refractivity contribution in [1.29, 1.82) is 0 Å². The van der Waals surface area contributed by atoms with E-state index in [1.54, 1.807) is 11.7 Å².